The number of nitrogens with one attached hydrogen (secondary N) is 1. The minimum absolute atomic E-state index is 0.173. The van der Waals surface area contributed by atoms with Gasteiger partial charge in [0.05, 0.1) is 23.7 Å². The lowest BCUT2D eigenvalue weighted by Gasteiger charge is -2.29. The van der Waals surface area contributed by atoms with E-state index < -0.39 is 23.1 Å². The summed E-state index contributed by atoms with van der Waals surface area (Å²) in [6.45, 7) is 7.67. The second kappa shape index (κ2) is 7.18. The van der Waals surface area contributed by atoms with Crippen molar-refractivity contribution < 1.29 is 13.9 Å². The predicted molar refractivity (Wildman–Crippen MR) is 104 cm³/mol. The van der Waals surface area contributed by atoms with Crippen molar-refractivity contribution in [2.75, 3.05) is 11.9 Å². The molecule has 2 aromatic rings. The first-order valence-corrected chi connectivity index (χ1v) is 9.14. The zero-order chi connectivity index (χ0) is 20.7. The first kappa shape index (κ1) is 19.7. The van der Waals surface area contributed by atoms with Gasteiger partial charge in [-0.15, -0.1) is 0 Å². The summed E-state index contributed by atoms with van der Waals surface area (Å²) in [7, 11) is 2.99. The van der Waals surface area contributed by atoms with Gasteiger partial charge in [-0.25, -0.2) is 9.59 Å². The molecule has 0 radical (unpaired) electrons. The van der Waals surface area contributed by atoms with Crippen LogP contribution >= 0.6 is 0 Å². The van der Waals surface area contributed by atoms with Gasteiger partial charge in [0.1, 0.15) is 17.3 Å². The number of hydrogen-bond acceptors (Lipinski definition) is 6. The molecule has 0 saturated heterocycles. The number of allylic oxidation sites excluding steroid dienone is 1. The summed E-state index contributed by atoms with van der Waals surface area (Å²) in [6.07, 6.45) is 0. The number of aryl methyl sites for hydroxylation is 1. The van der Waals surface area contributed by atoms with Crippen molar-refractivity contribution in [1.29, 1.82) is 0 Å². The molecule has 0 amide bonds. The maximum absolute atomic E-state index is 13.0. The fourth-order valence-electron chi connectivity index (χ4n) is 3.37. The van der Waals surface area contributed by atoms with Crippen molar-refractivity contribution in [2.24, 2.45) is 20.0 Å². The third-order valence-corrected chi connectivity index (χ3v) is 4.80. The number of fused-ring (bicyclic) bond motifs is 1. The molecular weight excluding hydrogens is 362 g/mol. The van der Waals surface area contributed by atoms with Crippen molar-refractivity contribution in [3.05, 3.63) is 61.3 Å². The molecule has 8 nitrogen and oxygen atoms in total. The van der Waals surface area contributed by atoms with Gasteiger partial charge in [0.15, 0.2) is 0 Å². The van der Waals surface area contributed by atoms with Crippen molar-refractivity contribution >= 4 is 11.8 Å². The Bertz CT molecular complexity index is 1080. The fourth-order valence-corrected chi connectivity index (χ4v) is 3.37. The molecule has 1 N–H and O–H groups in total. The van der Waals surface area contributed by atoms with E-state index in [1.54, 1.807) is 33.0 Å². The van der Waals surface area contributed by atoms with Crippen LogP contribution in [-0.2, 0) is 23.6 Å². The second-order valence-corrected chi connectivity index (χ2v) is 7.51. The Labute approximate surface area is 162 Å². The summed E-state index contributed by atoms with van der Waals surface area (Å²) < 4.78 is 13.6. The number of anilines is 1. The number of rotatable bonds is 4. The van der Waals surface area contributed by atoms with Gasteiger partial charge in [0.25, 0.3) is 5.56 Å². The van der Waals surface area contributed by atoms with E-state index in [0.29, 0.717) is 28.6 Å². The maximum Gasteiger partial charge on any atom is 0.336 e. The highest BCUT2D eigenvalue weighted by Gasteiger charge is 2.39. The van der Waals surface area contributed by atoms with Crippen molar-refractivity contribution in [1.82, 2.24) is 9.13 Å². The van der Waals surface area contributed by atoms with Gasteiger partial charge in [0, 0.05) is 19.8 Å². The normalized spacial score (nSPS) is 16.2. The molecule has 0 saturated carbocycles. The van der Waals surface area contributed by atoms with E-state index in [2.05, 4.69) is 5.32 Å². The molecule has 28 heavy (non-hydrogen) atoms. The van der Waals surface area contributed by atoms with Crippen LogP contribution in [0.3, 0.4) is 0 Å². The van der Waals surface area contributed by atoms with Crippen LogP contribution in [0.5, 0.6) is 0 Å². The van der Waals surface area contributed by atoms with Gasteiger partial charge in [-0.05, 0) is 31.9 Å². The Balaban J connectivity index is 2.27. The number of nitrogens with zero attached hydrogens (tertiary/aromatic N) is 2. The van der Waals surface area contributed by atoms with Crippen LogP contribution in [0.1, 0.15) is 43.8 Å². The van der Waals surface area contributed by atoms with Crippen LogP contribution in [0.2, 0.25) is 0 Å². The SMILES string of the molecule is CC1=C(C(=O)OCC(C)C)C(c2ccc(C)o2)c2c(n(C)c(=O)n(C)c2=O)N1. The lowest BCUT2D eigenvalue weighted by molar-refractivity contribution is -0.140. The molecule has 1 aliphatic rings. The lowest BCUT2D eigenvalue weighted by atomic mass is 9.85. The second-order valence-electron chi connectivity index (χ2n) is 7.51. The number of esters is 1. The van der Waals surface area contributed by atoms with Crippen molar-refractivity contribution in [3.8, 4) is 0 Å². The third kappa shape index (κ3) is 3.19. The molecule has 0 aliphatic carbocycles. The number of hydrogen-bond donors (Lipinski definition) is 1. The van der Waals surface area contributed by atoms with E-state index >= 15 is 0 Å². The largest absolute Gasteiger partial charge is 0.465 e. The highest BCUT2D eigenvalue weighted by atomic mass is 16.5. The van der Waals surface area contributed by atoms with Gasteiger partial charge < -0.3 is 14.5 Å². The standard InChI is InChI=1S/C20H25N3O5/c1-10(2)9-27-19(25)14-12(4)21-17-16(15(14)13-8-7-11(3)28-13)18(24)23(6)20(26)22(17)5/h7-8,10,15,21H,9H2,1-6H3. The minimum Gasteiger partial charge on any atom is -0.465 e. The average molecular weight is 387 g/mol. The highest BCUT2D eigenvalue weighted by Crippen LogP contribution is 2.40. The van der Waals surface area contributed by atoms with E-state index in [4.69, 9.17) is 9.15 Å². The van der Waals surface area contributed by atoms with Gasteiger partial charge in [0.2, 0.25) is 0 Å². The Hall–Kier alpha value is -3.03. The first-order chi connectivity index (χ1) is 13.1. The van der Waals surface area contributed by atoms with Crippen LogP contribution in [-0.4, -0.2) is 21.7 Å². The van der Waals surface area contributed by atoms with E-state index in [-0.39, 0.29) is 18.1 Å². The molecule has 0 aromatic carbocycles. The summed E-state index contributed by atoms with van der Waals surface area (Å²) in [5, 5.41) is 3.05. The van der Waals surface area contributed by atoms with Gasteiger partial charge >= 0.3 is 11.7 Å². The lowest BCUT2D eigenvalue weighted by Crippen LogP contribution is -2.43. The van der Waals surface area contributed by atoms with E-state index in [9.17, 15) is 14.4 Å². The quantitative estimate of drug-likeness (QED) is 0.807. The van der Waals surface area contributed by atoms with Crippen LogP contribution in [0.15, 0.2) is 37.4 Å². The number of carbonyl (C=O) groups is 1. The molecule has 1 atom stereocenters. The number of ether oxygens (including phenoxy) is 1. The number of aromatic nitrogens is 2. The number of furan rings is 1. The molecule has 1 aliphatic heterocycles. The van der Waals surface area contributed by atoms with Gasteiger partial charge in [-0.2, -0.15) is 0 Å². The molecule has 150 valence electrons. The zero-order valence-electron chi connectivity index (χ0n) is 17.0. The van der Waals surface area contributed by atoms with E-state index in [1.807, 2.05) is 13.8 Å². The minimum atomic E-state index is -0.768. The topological polar surface area (TPSA) is 95.5 Å². The monoisotopic (exact) mass is 387 g/mol. The van der Waals surface area contributed by atoms with Crippen molar-refractivity contribution in [2.45, 2.75) is 33.6 Å². The smallest absolute Gasteiger partial charge is 0.336 e. The molecular formula is C20H25N3O5. The maximum atomic E-state index is 13.0. The Morgan fingerprint density at radius 2 is 1.89 bits per heavy atom. The van der Waals surface area contributed by atoms with Crippen LogP contribution in [0, 0.1) is 12.8 Å². The van der Waals surface area contributed by atoms with E-state index in [0.717, 1.165) is 4.57 Å². The molecule has 2 aromatic heterocycles. The van der Waals surface area contributed by atoms with Crippen LogP contribution in [0.25, 0.3) is 0 Å². The van der Waals surface area contributed by atoms with Crippen LogP contribution < -0.4 is 16.6 Å². The van der Waals surface area contributed by atoms with E-state index in [1.165, 1.54) is 11.6 Å². The molecule has 1 unspecified atom stereocenters. The average Bonchev–Trinajstić information content (AvgIpc) is 3.07. The number of carbonyl (C=O) groups excluding carboxylic acids is 1. The Kier molecular flexibility index (Phi) is 5.06. The summed E-state index contributed by atoms with van der Waals surface area (Å²) in [5.41, 5.74) is 0.165. The first-order valence-electron chi connectivity index (χ1n) is 9.14. The van der Waals surface area contributed by atoms with Gasteiger partial charge in [-0.3, -0.25) is 13.9 Å². The van der Waals surface area contributed by atoms with Crippen molar-refractivity contribution in [3.63, 3.8) is 0 Å². The highest BCUT2D eigenvalue weighted by molar-refractivity contribution is 5.94. The molecule has 0 spiro atoms. The zero-order valence-corrected chi connectivity index (χ0v) is 17.0. The molecule has 8 heteroatoms. The fraction of sp³-hybridized carbons (Fsp3) is 0.450. The Morgan fingerprint density at radius 1 is 1.21 bits per heavy atom. The Morgan fingerprint density at radius 3 is 2.46 bits per heavy atom. The molecule has 0 bridgehead atoms. The summed E-state index contributed by atoms with van der Waals surface area (Å²) in [6, 6.07) is 3.51. The van der Waals surface area contributed by atoms with Crippen LogP contribution in [0.4, 0.5) is 5.82 Å². The molecule has 3 heterocycles. The molecule has 3 rings (SSSR count). The summed E-state index contributed by atoms with van der Waals surface area (Å²) in [5.74, 6) is 0.349. The summed E-state index contributed by atoms with van der Waals surface area (Å²) >= 11 is 0. The third-order valence-electron chi connectivity index (χ3n) is 4.80. The predicted octanol–water partition coefficient (Wildman–Crippen LogP) is 2.02. The molecule has 0 fully saturated rings. The van der Waals surface area contributed by atoms with Gasteiger partial charge in [-0.1, -0.05) is 13.8 Å². The summed E-state index contributed by atoms with van der Waals surface area (Å²) in [4.78, 5) is 38.3.